The van der Waals surface area contributed by atoms with Gasteiger partial charge >= 0.3 is 0 Å². The fourth-order valence-electron chi connectivity index (χ4n) is 6.37. The molecule has 0 unspecified atom stereocenters. The number of H-pyrrole nitrogens is 1. The summed E-state index contributed by atoms with van der Waals surface area (Å²) in [5, 5.41) is 0. The summed E-state index contributed by atoms with van der Waals surface area (Å²) in [5.41, 5.74) is 19.7. The standard InChI is InChI=1S/C33H40N4/c1-10-22-18(5)26-14-30-23(11-2)20(7)28(36-30)16-33-25(13-4)21(8)32(37(33)9)17-31-24(12-3)19(6)27(35-31)15-29(22)34-26/h14-17,36H,10-13H2,1-9H3. The molecule has 4 heteroatoms. The lowest BCUT2D eigenvalue weighted by molar-refractivity contribution is 1.00. The van der Waals surface area contributed by atoms with Crippen molar-refractivity contribution in [3.05, 3.63) is 69.3 Å². The van der Waals surface area contributed by atoms with Gasteiger partial charge in [0.1, 0.15) is 0 Å². The molecule has 3 aromatic heterocycles. The summed E-state index contributed by atoms with van der Waals surface area (Å²) in [4.78, 5) is 14.1. The normalized spacial score (nSPS) is 13.8. The lowest BCUT2D eigenvalue weighted by atomic mass is 10.0. The molecule has 2 aliphatic heterocycles. The summed E-state index contributed by atoms with van der Waals surface area (Å²) in [5.74, 6) is 0. The van der Waals surface area contributed by atoms with E-state index in [1.54, 1.807) is 0 Å². The Balaban J connectivity index is 2.03. The first-order chi connectivity index (χ1) is 17.7. The number of nitrogens with zero attached hydrogens (tertiary/aromatic N) is 3. The first kappa shape index (κ1) is 25.3. The van der Waals surface area contributed by atoms with Gasteiger partial charge in [-0.3, -0.25) is 0 Å². The summed E-state index contributed by atoms with van der Waals surface area (Å²) in [6, 6.07) is 9.11. The molecule has 0 saturated carbocycles. The highest BCUT2D eigenvalue weighted by Crippen LogP contribution is 2.37. The maximum absolute atomic E-state index is 5.18. The first-order valence-corrected chi connectivity index (χ1v) is 13.8. The minimum atomic E-state index is 0.951. The Bertz CT molecular complexity index is 1650. The SMILES string of the molecule is CCC1=C(C)c2cc3[nH]c(cc4c(CC)c(C)c(cc5nc(cc1n2)C(C)=C5CC)n4C)c(C)c3CC. The molecule has 8 bridgehead atoms. The third-order valence-electron chi connectivity index (χ3n) is 8.62. The third-order valence-corrected chi connectivity index (χ3v) is 8.62. The van der Waals surface area contributed by atoms with Crippen LogP contribution in [0.25, 0.3) is 44.4 Å². The molecule has 0 spiro atoms. The van der Waals surface area contributed by atoms with Gasteiger partial charge in [0.15, 0.2) is 0 Å². The van der Waals surface area contributed by atoms with Gasteiger partial charge in [0.2, 0.25) is 0 Å². The van der Waals surface area contributed by atoms with Crippen LogP contribution in [0.4, 0.5) is 0 Å². The van der Waals surface area contributed by atoms with Gasteiger partial charge in [0.25, 0.3) is 0 Å². The Morgan fingerprint density at radius 1 is 0.595 bits per heavy atom. The number of nitrogens with one attached hydrogen (secondary N) is 1. The van der Waals surface area contributed by atoms with E-state index in [4.69, 9.17) is 9.97 Å². The second-order valence-electron chi connectivity index (χ2n) is 10.5. The minimum absolute atomic E-state index is 0.951. The number of aromatic nitrogens is 4. The second kappa shape index (κ2) is 9.48. The topological polar surface area (TPSA) is 46.5 Å². The predicted molar refractivity (Wildman–Crippen MR) is 159 cm³/mol. The highest BCUT2D eigenvalue weighted by atomic mass is 14.9. The number of allylic oxidation sites excluding steroid dienone is 4. The van der Waals surface area contributed by atoms with E-state index < -0.39 is 0 Å². The summed E-state index contributed by atoms with van der Waals surface area (Å²) >= 11 is 0. The highest BCUT2D eigenvalue weighted by Gasteiger charge is 2.20. The van der Waals surface area contributed by atoms with E-state index in [9.17, 15) is 0 Å². The lowest BCUT2D eigenvalue weighted by Gasteiger charge is -2.01. The maximum atomic E-state index is 5.18. The van der Waals surface area contributed by atoms with E-state index in [1.807, 2.05) is 0 Å². The average Bonchev–Trinajstić information content (AvgIpc) is 3.51. The Kier molecular flexibility index (Phi) is 6.47. The monoisotopic (exact) mass is 492 g/mol. The summed E-state index contributed by atoms with van der Waals surface area (Å²) in [6.45, 7) is 17.9. The molecule has 0 radical (unpaired) electrons. The molecule has 0 amide bonds. The molecule has 3 aromatic rings. The molecule has 1 N–H and O–H groups in total. The summed E-state index contributed by atoms with van der Waals surface area (Å²) in [7, 11) is 2.19. The fraction of sp³-hybridized carbons (Fsp3) is 0.394. The quantitative estimate of drug-likeness (QED) is 0.396. The molecular formula is C33H40N4. The number of hydrogen-bond donors (Lipinski definition) is 1. The van der Waals surface area contributed by atoms with Crippen molar-refractivity contribution in [3.63, 3.8) is 0 Å². The van der Waals surface area contributed by atoms with Crippen LogP contribution in [-0.4, -0.2) is 19.5 Å². The van der Waals surface area contributed by atoms with E-state index in [-0.39, 0.29) is 0 Å². The van der Waals surface area contributed by atoms with Gasteiger partial charge < -0.3 is 9.55 Å². The predicted octanol–water partition coefficient (Wildman–Crippen LogP) is 8.75. The molecule has 0 saturated heterocycles. The summed E-state index contributed by atoms with van der Waals surface area (Å²) < 4.78 is 2.35. The van der Waals surface area contributed by atoms with Gasteiger partial charge in [-0.25, -0.2) is 9.97 Å². The molecule has 0 atom stereocenters. The zero-order valence-corrected chi connectivity index (χ0v) is 24.0. The van der Waals surface area contributed by atoms with Crippen LogP contribution in [0.15, 0.2) is 24.3 Å². The number of aromatic amines is 1. The van der Waals surface area contributed by atoms with Crippen molar-refractivity contribution in [1.82, 2.24) is 19.5 Å². The zero-order chi connectivity index (χ0) is 26.6. The van der Waals surface area contributed by atoms with Gasteiger partial charge in [0, 0.05) is 29.1 Å². The second-order valence-corrected chi connectivity index (χ2v) is 10.5. The van der Waals surface area contributed by atoms with Gasteiger partial charge in [-0.2, -0.15) is 0 Å². The molecule has 2 aliphatic rings. The Labute approximate surface area is 221 Å². The van der Waals surface area contributed by atoms with Crippen LogP contribution in [0.3, 0.4) is 0 Å². The number of rotatable bonds is 4. The van der Waals surface area contributed by atoms with Crippen molar-refractivity contribution < 1.29 is 0 Å². The average molecular weight is 493 g/mol. The Hall–Kier alpha value is -3.40. The van der Waals surface area contributed by atoms with Crippen molar-refractivity contribution in [2.75, 3.05) is 0 Å². The third kappa shape index (κ3) is 3.89. The van der Waals surface area contributed by atoms with Crippen molar-refractivity contribution in [2.45, 2.75) is 81.1 Å². The largest absolute Gasteiger partial charge is 0.355 e. The Morgan fingerprint density at radius 2 is 1.16 bits per heavy atom. The number of aryl methyl sites for hydroxylation is 5. The minimum Gasteiger partial charge on any atom is -0.355 e. The van der Waals surface area contributed by atoms with E-state index in [2.05, 4.69) is 96.3 Å². The molecular weight excluding hydrogens is 452 g/mol. The van der Waals surface area contributed by atoms with Crippen LogP contribution < -0.4 is 0 Å². The van der Waals surface area contributed by atoms with Crippen LogP contribution >= 0.6 is 0 Å². The van der Waals surface area contributed by atoms with Crippen LogP contribution in [0.2, 0.25) is 0 Å². The fourth-order valence-corrected chi connectivity index (χ4v) is 6.37. The van der Waals surface area contributed by atoms with E-state index in [0.717, 1.165) is 48.5 Å². The van der Waals surface area contributed by atoms with Crippen LogP contribution in [0, 0.1) is 13.8 Å². The Morgan fingerprint density at radius 3 is 1.73 bits per heavy atom. The lowest BCUT2D eigenvalue weighted by Crippen LogP contribution is -1.88. The van der Waals surface area contributed by atoms with Crippen molar-refractivity contribution in [2.24, 2.45) is 7.05 Å². The molecule has 0 fully saturated rings. The number of hydrogen-bond acceptors (Lipinski definition) is 2. The van der Waals surface area contributed by atoms with Crippen molar-refractivity contribution in [3.8, 4) is 0 Å². The molecule has 192 valence electrons. The van der Waals surface area contributed by atoms with E-state index >= 15 is 0 Å². The zero-order valence-electron chi connectivity index (χ0n) is 24.0. The molecule has 5 rings (SSSR count). The van der Waals surface area contributed by atoms with Crippen LogP contribution in [0.1, 0.15) is 99.4 Å². The van der Waals surface area contributed by atoms with Gasteiger partial charge in [0.05, 0.1) is 22.8 Å². The molecule has 0 aliphatic carbocycles. The smallest absolute Gasteiger partial charge is 0.0693 e. The van der Waals surface area contributed by atoms with Crippen molar-refractivity contribution in [1.29, 1.82) is 0 Å². The van der Waals surface area contributed by atoms with E-state index in [1.165, 1.54) is 66.6 Å². The van der Waals surface area contributed by atoms with Crippen molar-refractivity contribution >= 4 is 44.4 Å². The molecule has 5 heterocycles. The summed E-state index contributed by atoms with van der Waals surface area (Å²) in [6.07, 6.45) is 3.88. The number of fused-ring (bicyclic) bond motifs is 8. The van der Waals surface area contributed by atoms with Gasteiger partial charge in [-0.15, -0.1) is 0 Å². The molecule has 4 nitrogen and oxygen atoms in total. The van der Waals surface area contributed by atoms with Crippen LogP contribution in [0.5, 0.6) is 0 Å². The maximum Gasteiger partial charge on any atom is 0.0693 e. The molecule has 37 heavy (non-hydrogen) atoms. The van der Waals surface area contributed by atoms with Gasteiger partial charge in [-0.1, -0.05) is 27.7 Å². The van der Waals surface area contributed by atoms with E-state index in [0.29, 0.717) is 0 Å². The highest BCUT2D eigenvalue weighted by molar-refractivity contribution is 5.95. The van der Waals surface area contributed by atoms with Crippen LogP contribution in [-0.2, 0) is 19.9 Å². The first-order valence-electron chi connectivity index (χ1n) is 13.8. The van der Waals surface area contributed by atoms with Gasteiger partial charge in [-0.05, 0) is 122 Å². The molecule has 0 aromatic carbocycles.